The molecule has 1 spiro atoms. The summed E-state index contributed by atoms with van der Waals surface area (Å²) in [7, 11) is 1.42. The van der Waals surface area contributed by atoms with Crippen LogP contribution in [-0.2, 0) is 14.4 Å². The van der Waals surface area contributed by atoms with Crippen LogP contribution in [-0.4, -0.2) is 59.2 Å². The van der Waals surface area contributed by atoms with E-state index < -0.39 is 35.7 Å². The van der Waals surface area contributed by atoms with Gasteiger partial charge in [-0.05, 0) is 37.1 Å². The Morgan fingerprint density at radius 3 is 2.46 bits per heavy atom. The van der Waals surface area contributed by atoms with E-state index in [1.54, 1.807) is 0 Å². The van der Waals surface area contributed by atoms with E-state index in [1.807, 2.05) is 0 Å². The topological polar surface area (TPSA) is 98.8 Å². The van der Waals surface area contributed by atoms with Crippen molar-refractivity contribution < 1.29 is 23.6 Å². The van der Waals surface area contributed by atoms with Crippen molar-refractivity contribution in [3.05, 3.63) is 30.1 Å². The second kappa shape index (κ2) is 7.95. The first kappa shape index (κ1) is 19.8. The van der Waals surface area contributed by atoms with Crippen LogP contribution in [0.3, 0.4) is 0 Å². The number of amides is 5. The van der Waals surface area contributed by atoms with Crippen LogP contribution < -0.4 is 10.6 Å². The normalized spacial score (nSPS) is 18.1. The average Bonchev–Trinajstić information content (AvgIpc) is 2.88. The molecule has 0 unspecified atom stereocenters. The number of benzene rings is 1. The van der Waals surface area contributed by atoms with Crippen LogP contribution in [0.4, 0.5) is 14.9 Å². The van der Waals surface area contributed by atoms with Crippen molar-refractivity contribution in [2.24, 2.45) is 0 Å². The number of nitrogens with zero attached hydrogens (tertiary/aromatic N) is 2. The Hall–Kier alpha value is -2.97. The smallest absolute Gasteiger partial charge is 0.325 e. The molecule has 1 aliphatic heterocycles. The van der Waals surface area contributed by atoms with Crippen LogP contribution in [0.2, 0.25) is 0 Å². The third-order valence-corrected chi connectivity index (χ3v) is 5.18. The first-order chi connectivity index (χ1) is 13.3. The molecule has 1 saturated heterocycles. The van der Waals surface area contributed by atoms with Crippen LogP contribution >= 0.6 is 0 Å². The van der Waals surface area contributed by atoms with Gasteiger partial charge in [-0.1, -0.05) is 19.3 Å². The average molecular weight is 390 g/mol. The van der Waals surface area contributed by atoms with Gasteiger partial charge in [0.2, 0.25) is 11.8 Å². The Balaban J connectivity index is 1.55. The number of nitrogens with one attached hydrogen (secondary N) is 2. The van der Waals surface area contributed by atoms with Gasteiger partial charge in [0.15, 0.2) is 0 Å². The minimum atomic E-state index is -0.881. The van der Waals surface area contributed by atoms with Crippen molar-refractivity contribution in [3.8, 4) is 0 Å². The van der Waals surface area contributed by atoms with Gasteiger partial charge in [-0.25, -0.2) is 9.18 Å². The molecule has 2 N–H and O–H groups in total. The summed E-state index contributed by atoms with van der Waals surface area (Å²) in [5.41, 5.74) is -0.477. The molecule has 5 amide bonds. The Bertz CT molecular complexity index is 790. The monoisotopic (exact) mass is 390 g/mol. The second-order valence-corrected chi connectivity index (χ2v) is 7.27. The van der Waals surface area contributed by atoms with Gasteiger partial charge in [-0.3, -0.25) is 19.3 Å². The fourth-order valence-corrected chi connectivity index (χ4v) is 3.61. The lowest BCUT2D eigenvalue weighted by Gasteiger charge is -2.30. The molecule has 1 aromatic rings. The Labute approximate surface area is 162 Å². The van der Waals surface area contributed by atoms with Crippen molar-refractivity contribution in [1.82, 2.24) is 15.1 Å². The van der Waals surface area contributed by atoms with Crippen LogP contribution in [0.25, 0.3) is 0 Å². The Kier molecular flexibility index (Phi) is 5.62. The first-order valence-corrected chi connectivity index (χ1v) is 9.24. The molecule has 1 heterocycles. The van der Waals surface area contributed by atoms with Crippen LogP contribution in [0.15, 0.2) is 24.3 Å². The van der Waals surface area contributed by atoms with E-state index in [-0.39, 0.29) is 12.5 Å². The summed E-state index contributed by atoms with van der Waals surface area (Å²) in [6.07, 6.45) is 3.90. The molecule has 150 valence electrons. The fourth-order valence-electron chi connectivity index (χ4n) is 3.61. The number of halogens is 1. The zero-order valence-electron chi connectivity index (χ0n) is 15.7. The van der Waals surface area contributed by atoms with E-state index in [0.29, 0.717) is 18.5 Å². The van der Waals surface area contributed by atoms with E-state index in [0.717, 1.165) is 29.1 Å². The molecule has 3 rings (SSSR count). The molecule has 8 nitrogen and oxygen atoms in total. The summed E-state index contributed by atoms with van der Waals surface area (Å²) in [5, 5.41) is 5.30. The van der Waals surface area contributed by atoms with Crippen LogP contribution in [0, 0.1) is 5.82 Å². The molecule has 9 heteroatoms. The van der Waals surface area contributed by atoms with Gasteiger partial charge in [0.25, 0.3) is 5.91 Å². The van der Waals surface area contributed by atoms with Crippen molar-refractivity contribution in [3.63, 3.8) is 0 Å². The highest BCUT2D eigenvalue weighted by molar-refractivity contribution is 6.09. The predicted molar refractivity (Wildman–Crippen MR) is 98.7 cm³/mol. The molecule has 2 fully saturated rings. The molecule has 0 bridgehead atoms. The van der Waals surface area contributed by atoms with E-state index in [4.69, 9.17) is 0 Å². The predicted octanol–water partition coefficient (Wildman–Crippen LogP) is 1.48. The van der Waals surface area contributed by atoms with Crippen molar-refractivity contribution in [2.75, 3.05) is 25.5 Å². The van der Waals surface area contributed by atoms with E-state index in [9.17, 15) is 23.6 Å². The lowest BCUT2D eigenvalue weighted by atomic mass is 9.82. The Morgan fingerprint density at radius 1 is 1.18 bits per heavy atom. The number of hydrogen-bond acceptors (Lipinski definition) is 4. The number of anilines is 1. The van der Waals surface area contributed by atoms with E-state index in [2.05, 4.69) is 10.6 Å². The summed E-state index contributed by atoms with van der Waals surface area (Å²) in [6.45, 7) is -0.669. The summed E-state index contributed by atoms with van der Waals surface area (Å²) < 4.78 is 12.9. The molecule has 1 aromatic carbocycles. The number of carbonyl (C=O) groups is 4. The number of likely N-dealkylation sites (N-methyl/N-ethyl adjacent to an activating group) is 1. The molecular weight excluding hydrogens is 367 g/mol. The maximum atomic E-state index is 12.9. The zero-order valence-corrected chi connectivity index (χ0v) is 15.7. The largest absolute Gasteiger partial charge is 0.335 e. The summed E-state index contributed by atoms with van der Waals surface area (Å²) in [6, 6.07) is 4.67. The lowest BCUT2D eigenvalue weighted by molar-refractivity contribution is -0.139. The van der Waals surface area contributed by atoms with Crippen molar-refractivity contribution in [2.45, 2.75) is 37.6 Å². The third kappa shape index (κ3) is 4.13. The molecule has 0 radical (unpaired) electrons. The summed E-state index contributed by atoms with van der Waals surface area (Å²) >= 11 is 0. The number of imide groups is 1. The first-order valence-electron chi connectivity index (χ1n) is 9.24. The number of urea groups is 1. The van der Waals surface area contributed by atoms with Gasteiger partial charge in [-0.2, -0.15) is 0 Å². The number of carbonyl (C=O) groups excluding carboxylic acids is 4. The molecule has 0 aromatic heterocycles. The molecule has 1 aliphatic carbocycles. The second-order valence-electron chi connectivity index (χ2n) is 7.27. The summed E-state index contributed by atoms with van der Waals surface area (Å²) in [5.74, 6) is -1.78. The maximum absolute atomic E-state index is 12.9. The van der Waals surface area contributed by atoms with Gasteiger partial charge in [0.05, 0.1) is 6.54 Å². The van der Waals surface area contributed by atoms with Crippen molar-refractivity contribution >= 4 is 29.4 Å². The Morgan fingerprint density at radius 2 is 1.82 bits per heavy atom. The minimum Gasteiger partial charge on any atom is -0.335 e. The molecular formula is C19H23FN4O4. The van der Waals surface area contributed by atoms with Crippen molar-refractivity contribution in [1.29, 1.82) is 0 Å². The highest BCUT2D eigenvalue weighted by atomic mass is 19.1. The van der Waals surface area contributed by atoms with Crippen LogP contribution in [0.1, 0.15) is 32.1 Å². The minimum absolute atomic E-state index is 0.259. The molecule has 28 heavy (non-hydrogen) atoms. The van der Waals surface area contributed by atoms with Gasteiger partial charge in [0, 0.05) is 12.7 Å². The number of rotatable bonds is 5. The van der Waals surface area contributed by atoms with Crippen LogP contribution in [0.5, 0.6) is 0 Å². The maximum Gasteiger partial charge on any atom is 0.325 e. The highest BCUT2D eigenvalue weighted by Gasteiger charge is 2.51. The third-order valence-electron chi connectivity index (χ3n) is 5.18. The number of hydrogen-bond donors (Lipinski definition) is 2. The molecule has 0 atom stereocenters. The van der Waals surface area contributed by atoms with Gasteiger partial charge in [-0.15, -0.1) is 0 Å². The van der Waals surface area contributed by atoms with Gasteiger partial charge in [0.1, 0.15) is 17.9 Å². The fraction of sp³-hybridized carbons (Fsp3) is 0.474. The zero-order chi connectivity index (χ0) is 20.3. The standard InChI is InChI=1S/C19H23FN4O4/c1-23(11-15(25)21-14-7-5-13(20)6-8-14)16(26)12-24-17(27)19(22-18(24)28)9-3-2-4-10-19/h5-8H,2-4,9-12H2,1H3,(H,21,25)(H,22,28). The lowest BCUT2D eigenvalue weighted by Crippen LogP contribution is -2.49. The van der Waals surface area contributed by atoms with Gasteiger partial charge < -0.3 is 15.5 Å². The van der Waals surface area contributed by atoms with Gasteiger partial charge >= 0.3 is 6.03 Å². The van der Waals surface area contributed by atoms with E-state index >= 15 is 0 Å². The highest BCUT2D eigenvalue weighted by Crippen LogP contribution is 2.33. The summed E-state index contributed by atoms with van der Waals surface area (Å²) in [4.78, 5) is 51.5. The van der Waals surface area contributed by atoms with E-state index in [1.165, 1.54) is 31.3 Å². The quantitative estimate of drug-likeness (QED) is 0.744. The SMILES string of the molecule is CN(CC(=O)Nc1ccc(F)cc1)C(=O)CN1C(=O)NC2(CCCCC2)C1=O. The molecule has 2 aliphatic rings. The molecule has 1 saturated carbocycles.